The minimum atomic E-state index is -0.128. The van der Waals surface area contributed by atoms with Crippen LogP contribution in [0.2, 0.25) is 5.02 Å². The van der Waals surface area contributed by atoms with Gasteiger partial charge in [-0.2, -0.15) is 0 Å². The van der Waals surface area contributed by atoms with E-state index in [0.29, 0.717) is 18.8 Å². The average molecular weight is 403 g/mol. The lowest BCUT2D eigenvalue weighted by atomic mass is 10.1. The summed E-state index contributed by atoms with van der Waals surface area (Å²) in [4.78, 5) is 15.7. The first-order valence-corrected chi connectivity index (χ1v) is 9.66. The lowest BCUT2D eigenvalue weighted by Crippen LogP contribution is -2.37. The molecule has 0 spiro atoms. The zero-order valence-electron chi connectivity index (χ0n) is 16.3. The van der Waals surface area contributed by atoms with E-state index >= 15 is 0 Å². The zero-order valence-corrected chi connectivity index (χ0v) is 17.1. The Hall–Kier alpha value is -2.73. The fraction of sp³-hybridized carbons (Fsp3) is 0.333. The number of nitrogens with one attached hydrogen (secondary N) is 3. The number of aliphatic imine (C=N–C) groups is 1. The number of carbonyl (C=O) groups is 1. The highest BCUT2D eigenvalue weighted by Gasteiger charge is 2.03. The SMILES string of the molecule is CCNC(=O)COc1cccc(CNC(=NC)NCCc2ccc(Cl)cc2)c1. The number of hydrogen-bond donors (Lipinski definition) is 3. The van der Waals surface area contributed by atoms with E-state index in [1.807, 2.05) is 55.5 Å². The molecular formula is C21H27ClN4O2. The van der Waals surface area contributed by atoms with Crippen molar-refractivity contribution < 1.29 is 9.53 Å². The summed E-state index contributed by atoms with van der Waals surface area (Å²) in [5.74, 6) is 1.26. The number of benzene rings is 2. The van der Waals surface area contributed by atoms with Crippen LogP contribution in [-0.4, -0.2) is 38.6 Å². The molecule has 7 heteroatoms. The molecule has 0 fully saturated rings. The lowest BCUT2D eigenvalue weighted by Gasteiger charge is -2.13. The van der Waals surface area contributed by atoms with E-state index in [2.05, 4.69) is 20.9 Å². The standard InChI is InChI=1S/C21H27ClN4O2/c1-3-24-20(27)15-28-19-6-4-5-17(13-19)14-26-21(23-2)25-12-11-16-7-9-18(22)10-8-16/h4-10,13H,3,11-12,14-15H2,1-2H3,(H,24,27)(H2,23,25,26). The second-order valence-corrected chi connectivity index (χ2v) is 6.56. The van der Waals surface area contributed by atoms with E-state index in [0.717, 1.165) is 29.5 Å². The predicted octanol–water partition coefficient (Wildman–Crippen LogP) is 2.76. The van der Waals surface area contributed by atoms with Gasteiger partial charge in [-0.05, 0) is 48.7 Å². The van der Waals surface area contributed by atoms with Gasteiger partial charge >= 0.3 is 0 Å². The normalized spacial score (nSPS) is 11.0. The van der Waals surface area contributed by atoms with Gasteiger partial charge in [0.25, 0.3) is 5.91 Å². The Morgan fingerprint density at radius 3 is 2.57 bits per heavy atom. The third-order valence-electron chi connectivity index (χ3n) is 3.95. The Balaban J connectivity index is 1.77. The number of halogens is 1. The summed E-state index contributed by atoms with van der Waals surface area (Å²) < 4.78 is 5.52. The molecule has 0 heterocycles. The second kappa shape index (κ2) is 11.9. The van der Waals surface area contributed by atoms with Crippen LogP contribution in [0.3, 0.4) is 0 Å². The molecule has 0 saturated carbocycles. The fourth-order valence-corrected chi connectivity index (χ4v) is 2.65. The molecule has 0 radical (unpaired) electrons. The van der Waals surface area contributed by atoms with Crippen molar-refractivity contribution in [1.29, 1.82) is 0 Å². The van der Waals surface area contributed by atoms with Gasteiger partial charge in [-0.15, -0.1) is 0 Å². The van der Waals surface area contributed by atoms with Crippen molar-refractivity contribution in [3.05, 3.63) is 64.7 Å². The maximum atomic E-state index is 11.5. The molecule has 150 valence electrons. The van der Waals surface area contributed by atoms with E-state index in [4.69, 9.17) is 16.3 Å². The van der Waals surface area contributed by atoms with Crippen LogP contribution >= 0.6 is 11.6 Å². The number of rotatable bonds is 9. The van der Waals surface area contributed by atoms with Gasteiger partial charge in [0.1, 0.15) is 5.75 Å². The van der Waals surface area contributed by atoms with Gasteiger partial charge in [0.15, 0.2) is 12.6 Å². The van der Waals surface area contributed by atoms with Crippen LogP contribution in [0.1, 0.15) is 18.1 Å². The van der Waals surface area contributed by atoms with E-state index in [9.17, 15) is 4.79 Å². The summed E-state index contributed by atoms with van der Waals surface area (Å²) >= 11 is 5.90. The molecule has 3 N–H and O–H groups in total. The van der Waals surface area contributed by atoms with Gasteiger partial charge in [-0.25, -0.2) is 0 Å². The molecule has 0 saturated heterocycles. The first-order chi connectivity index (χ1) is 13.6. The van der Waals surface area contributed by atoms with Crippen LogP contribution < -0.4 is 20.7 Å². The number of nitrogens with zero attached hydrogens (tertiary/aromatic N) is 1. The topological polar surface area (TPSA) is 74.8 Å². The first-order valence-electron chi connectivity index (χ1n) is 9.28. The quantitative estimate of drug-likeness (QED) is 0.445. The number of ether oxygens (including phenoxy) is 1. The molecule has 0 atom stereocenters. The highest BCUT2D eigenvalue weighted by molar-refractivity contribution is 6.30. The monoisotopic (exact) mass is 402 g/mol. The Morgan fingerprint density at radius 2 is 1.86 bits per heavy atom. The third-order valence-corrected chi connectivity index (χ3v) is 4.20. The summed E-state index contributed by atoms with van der Waals surface area (Å²) in [5, 5.41) is 10.0. The number of hydrogen-bond acceptors (Lipinski definition) is 3. The van der Waals surface area contributed by atoms with E-state index in [1.54, 1.807) is 7.05 Å². The van der Waals surface area contributed by atoms with Gasteiger partial charge in [-0.1, -0.05) is 35.9 Å². The molecule has 0 aromatic heterocycles. The number of likely N-dealkylation sites (N-methyl/N-ethyl adjacent to an activating group) is 1. The van der Waals surface area contributed by atoms with Crippen LogP contribution in [0.15, 0.2) is 53.5 Å². The maximum absolute atomic E-state index is 11.5. The van der Waals surface area contributed by atoms with Gasteiger partial charge in [-0.3, -0.25) is 9.79 Å². The van der Waals surface area contributed by atoms with Crippen molar-refractivity contribution >= 4 is 23.5 Å². The summed E-state index contributed by atoms with van der Waals surface area (Å²) in [6.07, 6.45) is 0.876. The molecule has 28 heavy (non-hydrogen) atoms. The molecule has 1 amide bonds. The predicted molar refractivity (Wildman–Crippen MR) is 114 cm³/mol. The summed E-state index contributed by atoms with van der Waals surface area (Å²) in [7, 11) is 1.74. The van der Waals surface area contributed by atoms with Gasteiger partial charge in [0.2, 0.25) is 0 Å². The van der Waals surface area contributed by atoms with Crippen molar-refractivity contribution in [1.82, 2.24) is 16.0 Å². The highest BCUT2D eigenvalue weighted by atomic mass is 35.5. The summed E-state index contributed by atoms with van der Waals surface area (Å²) in [6.45, 7) is 3.84. The van der Waals surface area contributed by atoms with E-state index < -0.39 is 0 Å². The van der Waals surface area contributed by atoms with Crippen LogP contribution in [0.4, 0.5) is 0 Å². The minimum absolute atomic E-state index is 0.0125. The van der Waals surface area contributed by atoms with Crippen molar-refractivity contribution in [3.63, 3.8) is 0 Å². The van der Waals surface area contributed by atoms with E-state index in [1.165, 1.54) is 5.56 Å². The third kappa shape index (κ3) is 7.88. The van der Waals surface area contributed by atoms with Gasteiger partial charge in [0, 0.05) is 31.7 Å². The van der Waals surface area contributed by atoms with Crippen molar-refractivity contribution in [2.24, 2.45) is 4.99 Å². The van der Waals surface area contributed by atoms with Crippen LogP contribution in [0.25, 0.3) is 0 Å². The Kier molecular flexibility index (Phi) is 9.15. The molecule has 0 bridgehead atoms. The van der Waals surface area contributed by atoms with Gasteiger partial charge in [0.05, 0.1) is 0 Å². The fourth-order valence-electron chi connectivity index (χ4n) is 2.53. The largest absolute Gasteiger partial charge is 0.484 e. The summed E-state index contributed by atoms with van der Waals surface area (Å²) in [6, 6.07) is 15.5. The number of amides is 1. The van der Waals surface area contributed by atoms with E-state index in [-0.39, 0.29) is 12.5 Å². The Labute approximate surface area is 171 Å². The van der Waals surface area contributed by atoms with Crippen LogP contribution in [0, 0.1) is 0 Å². The molecule has 0 aliphatic carbocycles. The van der Waals surface area contributed by atoms with Crippen LogP contribution in [0.5, 0.6) is 5.75 Å². The molecule has 2 aromatic carbocycles. The average Bonchev–Trinajstić information content (AvgIpc) is 2.71. The molecule has 2 aromatic rings. The van der Waals surface area contributed by atoms with Crippen molar-refractivity contribution in [2.75, 3.05) is 26.7 Å². The second-order valence-electron chi connectivity index (χ2n) is 6.12. The Bertz CT molecular complexity index is 778. The zero-order chi connectivity index (χ0) is 20.2. The first kappa shape index (κ1) is 21.6. The molecule has 0 aliphatic rings. The van der Waals surface area contributed by atoms with Gasteiger partial charge < -0.3 is 20.7 Å². The Morgan fingerprint density at radius 1 is 1.07 bits per heavy atom. The molecule has 0 unspecified atom stereocenters. The molecule has 6 nitrogen and oxygen atoms in total. The number of guanidine groups is 1. The lowest BCUT2D eigenvalue weighted by molar-refractivity contribution is -0.122. The van der Waals surface area contributed by atoms with Crippen LogP contribution in [-0.2, 0) is 17.8 Å². The smallest absolute Gasteiger partial charge is 0.257 e. The molecule has 2 rings (SSSR count). The van der Waals surface area contributed by atoms with Crippen molar-refractivity contribution in [2.45, 2.75) is 19.9 Å². The number of carbonyl (C=O) groups excluding carboxylic acids is 1. The molecular weight excluding hydrogens is 376 g/mol. The molecule has 0 aliphatic heterocycles. The maximum Gasteiger partial charge on any atom is 0.257 e. The summed E-state index contributed by atoms with van der Waals surface area (Å²) in [5.41, 5.74) is 2.25. The highest BCUT2D eigenvalue weighted by Crippen LogP contribution is 2.13. The van der Waals surface area contributed by atoms with Crippen molar-refractivity contribution in [3.8, 4) is 5.75 Å². The minimum Gasteiger partial charge on any atom is -0.484 e.